The Labute approximate surface area is 140 Å². The number of benzene rings is 2. The Balaban J connectivity index is 1.79. The monoisotopic (exact) mass is 324 g/mol. The van der Waals surface area contributed by atoms with Crippen molar-refractivity contribution in [2.24, 2.45) is 0 Å². The Hall–Kier alpha value is -1.91. The zero-order chi connectivity index (χ0) is 15.8. The van der Waals surface area contributed by atoms with Crippen LogP contribution in [0.1, 0.15) is 5.56 Å². The van der Waals surface area contributed by atoms with Crippen molar-refractivity contribution in [2.75, 3.05) is 27.2 Å². The fourth-order valence-corrected chi connectivity index (χ4v) is 4.17. The number of aromatic nitrogens is 1. The fourth-order valence-electron chi connectivity index (χ4n) is 3.05. The van der Waals surface area contributed by atoms with Crippen molar-refractivity contribution < 1.29 is 4.74 Å². The van der Waals surface area contributed by atoms with Gasteiger partial charge < -0.3 is 14.6 Å². The molecule has 0 radical (unpaired) electrons. The molecule has 1 N–H and O–H groups in total. The summed E-state index contributed by atoms with van der Waals surface area (Å²) in [6, 6.07) is 14.9. The number of rotatable bonds is 4. The molecule has 1 aliphatic rings. The molecule has 0 fully saturated rings. The maximum Gasteiger partial charge on any atom is 0.129 e. The van der Waals surface area contributed by atoms with Crippen molar-refractivity contribution in [1.29, 1.82) is 0 Å². The summed E-state index contributed by atoms with van der Waals surface area (Å²) >= 11 is 1.89. The van der Waals surface area contributed by atoms with Crippen LogP contribution in [0.4, 0.5) is 0 Å². The largest absolute Gasteiger partial charge is 0.492 e. The van der Waals surface area contributed by atoms with E-state index in [9.17, 15) is 0 Å². The van der Waals surface area contributed by atoms with Crippen LogP contribution in [0.3, 0.4) is 0 Å². The summed E-state index contributed by atoms with van der Waals surface area (Å²) in [4.78, 5) is 7.04. The van der Waals surface area contributed by atoms with E-state index in [4.69, 9.17) is 4.74 Å². The predicted octanol–water partition coefficient (Wildman–Crippen LogP) is 4.38. The molecule has 2 aromatic carbocycles. The number of para-hydroxylation sites is 1. The van der Waals surface area contributed by atoms with Gasteiger partial charge in [0.25, 0.3) is 0 Å². The molecule has 0 saturated carbocycles. The van der Waals surface area contributed by atoms with Crippen molar-refractivity contribution in [3.05, 3.63) is 48.0 Å². The summed E-state index contributed by atoms with van der Waals surface area (Å²) in [6.45, 7) is 1.61. The Morgan fingerprint density at radius 2 is 2.00 bits per heavy atom. The zero-order valence-electron chi connectivity index (χ0n) is 13.4. The Kier molecular flexibility index (Phi) is 3.79. The molecule has 4 rings (SSSR count). The van der Waals surface area contributed by atoms with E-state index in [2.05, 4.69) is 66.4 Å². The SMILES string of the molecule is CN(C)CCOc1cccc2c1-c1[nH]c3ccccc3c1CS2. The van der Waals surface area contributed by atoms with Gasteiger partial charge in [0.05, 0.1) is 11.3 Å². The van der Waals surface area contributed by atoms with Crippen molar-refractivity contribution in [3.8, 4) is 17.0 Å². The van der Waals surface area contributed by atoms with E-state index < -0.39 is 0 Å². The molecule has 3 aromatic rings. The normalized spacial score (nSPS) is 13.2. The van der Waals surface area contributed by atoms with Crippen LogP contribution in [0, 0.1) is 0 Å². The molecule has 0 saturated heterocycles. The lowest BCUT2D eigenvalue weighted by Gasteiger charge is -2.20. The van der Waals surface area contributed by atoms with Gasteiger partial charge in [-0.25, -0.2) is 0 Å². The summed E-state index contributed by atoms with van der Waals surface area (Å²) in [5, 5.41) is 1.32. The average Bonchev–Trinajstić information content (AvgIpc) is 2.93. The molecule has 118 valence electrons. The van der Waals surface area contributed by atoms with Crippen LogP contribution in [0.2, 0.25) is 0 Å². The van der Waals surface area contributed by atoms with Crippen molar-refractivity contribution >= 4 is 22.7 Å². The second kappa shape index (κ2) is 5.95. The third-order valence-electron chi connectivity index (χ3n) is 4.22. The first-order chi connectivity index (χ1) is 11.2. The van der Waals surface area contributed by atoms with Gasteiger partial charge in [0.15, 0.2) is 0 Å². The number of fused-ring (bicyclic) bond motifs is 5. The van der Waals surface area contributed by atoms with Crippen LogP contribution < -0.4 is 4.74 Å². The molecule has 0 amide bonds. The van der Waals surface area contributed by atoms with E-state index >= 15 is 0 Å². The summed E-state index contributed by atoms with van der Waals surface area (Å²) in [6.07, 6.45) is 0. The second-order valence-electron chi connectivity index (χ2n) is 6.09. The molecule has 0 spiro atoms. The number of thioether (sulfide) groups is 1. The Morgan fingerprint density at radius 1 is 1.13 bits per heavy atom. The number of H-pyrrole nitrogens is 1. The third kappa shape index (κ3) is 2.62. The molecule has 2 heterocycles. The maximum absolute atomic E-state index is 6.09. The number of hydrogen-bond acceptors (Lipinski definition) is 3. The van der Waals surface area contributed by atoms with Crippen molar-refractivity contribution in [3.63, 3.8) is 0 Å². The Morgan fingerprint density at radius 3 is 2.87 bits per heavy atom. The molecular formula is C19H20N2OS. The van der Waals surface area contributed by atoms with Crippen LogP contribution in [0.5, 0.6) is 5.75 Å². The van der Waals surface area contributed by atoms with Crippen molar-refractivity contribution in [2.45, 2.75) is 10.6 Å². The molecule has 1 aromatic heterocycles. The third-order valence-corrected chi connectivity index (χ3v) is 5.30. The minimum absolute atomic E-state index is 0.698. The summed E-state index contributed by atoms with van der Waals surface area (Å²) in [5.74, 6) is 1.98. The van der Waals surface area contributed by atoms with E-state index in [0.717, 1.165) is 18.0 Å². The summed E-state index contributed by atoms with van der Waals surface area (Å²) in [7, 11) is 4.13. The second-order valence-corrected chi connectivity index (χ2v) is 7.11. The highest BCUT2D eigenvalue weighted by Gasteiger charge is 2.24. The number of ether oxygens (including phenoxy) is 1. The van der Waals surface area contributed by atoms with E-state index in [1.807, 2.05) is 11.8 Å². The molecular weight excluding hydrogens is 304 g/mol. The van der Waals surface area contributed by atoms with Gasteiger partial charge in [-0.15, -0.1) is 11.8 Å². The lowest BCUT2D eigenvalue weighted by Crippen LogP contribution is -2.19. The summed E-state index contributed by atoms with van der Waals surface area (Å²) in [5.41, 5.74) is 5.03. The maximum atomic E-state index is 6.09. The number of nitrogens with one attached hydrogen (secondary N) is 1. The first-order valence-electron chi connectivity index (χ1n) is 7.87. The van der Waals surface area contributed by atoms with E-state index in [0.29, 0.717) is 6.61 Å². The summed E-state index contributed by atoms with van der Waals surface area (Å²) < 4.78 is 6.09. The fraction of sp³-hybridized carbons (Fsp3) is 0.263. The number of nitrogens with zero attached hydrogens (tertiary/aromatic N) is 1. The van der Waals surface area contributed by atoms with Crippen molar-refractivity contribution in [1.82, 2.24) is 9.88 Å². The van der Waals surface area contributed by atoms with Crippen LogP contribution >= 0.6 is 11.8 Å². The highest BCUT2D eigenvalue weighted by Crippen LogP contribution is 2.47. The molecule has 0 unspecified atom stereocenters. The van der Waals surface area contributed by atoms with Gasteiger partial charge in [-0.1, -0.05) is 24.3 Å². The van der Waals surface area contributed by atoms with Crippen LogP contribution in [-0.4, -0.2) is 37.1 Å². The van der Waals surface area contributed by atoms with E-state index in [1.165, 1.54) is 32.6 Å². The molecule has 0 bridgehead atoms. The lowest BCUT2D eigenvalue weighted by atomic mass is 10.0. The van der Waals surface area contributed by atoms with Gasteiger partial charge in [-0.2, -0.15) is 0 Å². The average molecular weight is 324 g/mol. The predicted molar refractivity (Wildman–Crippen MR) is 97.3 cm³/mol. The van der Waals surface area contributed by atoms with Gasteiger partial charge in [-0.3, -0.25) is 0 Å². The van der Waals surface area contributed by atoms with Gasteiger partial charge in [0.2, 0.25) is 0 Å². The quantitative estimate of drug-likeness (QED) is 0.772. The van der Waals surface area contributed by atoms with Gasteiger partial charge >= 0.3 is 0 Å². The molecule has 1 aliphatic heterocycles. The van der Waals surface area contributed by atoms with Crippen LogP contribution in [0.15, 0.2) is 47.4 Å². The highest BCUT2D eigenvalue weighted by atomic mass is 32.2. The standard InChI is InChI=1S/C19H20N2OS/c1-21(2)10-11-22-16-8-5-9-17-18(16)19-14(12-23-17)13-6-3-4-7-15(13)20-19/h3-9,20H,10-12H2,1-2H3. The number of hydrogen-bond donors (Lipinski definition) is 1. The molecule has 4 heteroatoms. The van der Waals surface area contributed by atoms with Gasteiger partial charge in [-0.05, 0) is 37.9 Å². The number of aromatic amines is 1. The first-order valence-corrected chi connectivity index (χ1v) is 8.86. The molecule has 0 atom stereocenters. The minimum Gasteiger partial charge on any atom is -0.492 e. The van der Waals surface area contributed by atoms with Crippen LogP contribution in [0.25, 0.3) is 22.2 Å². The van der Waals surface area contributed by atoms with Crippen LogP contribution in [-0.2, 0) is 5.75 Å². The number of likely N-dealkylation sites (N-methyl/N-ethyl adjacent to an activating group) is 1. The lowest BCUT2D eigenvalue weighted by molar-refractivity contribution is 0.262. The van der Waals surface area contributed by atoms with Gasteiger partial charge in [0, 0.05) is 28.1 Å². The highest BCUT2D eigenvalue weighted by molar-refractivity contribution is 7.98. The van der Waals surface area contributed by atoms with Gasteiger partial charge in [0.1, 0.15) is 12.4 Å². The molecule has 0 aliphatic carbocycles. The smallest absolute Gasteiger partial charge is 0.129 e. The van der Waals surface area contributed by atoms with E-state index in [1.54, 1.807) is 0 Å². The van der Waals surface area contributed by atoms with E-state index in [-0.39, 0.29) is 0 Å². The zero-order valence-corrected chi connectivity index (χ0v) is 14.2. The molecule has 23 heavy (non-hydrogen) atoms. The molecule has 3 nitrogen and oxygen atoms in total. The minimum atomic E-state index is 0.698. The first kappa shape index (κ1) is 14.7. The topological polar surface area (TPSA) is 28.3 Å². The Bertz CT molecular complexity index is 854.